The second-order valence-corrected chi connectivity index (χ2v) is 5.10. The molecule has 6 heteroatoms. The third-order valence-electron chi connectivity index (χ3n) is 3.04. The van der Waals surface area contributed by atoms with E-state index in [0.717, 1.165) is 5.56 Å². The number of thiophene rings is 1. The topological polar surface area (TPSA) is 67.8 Å². The van der Waals surface area contributed by atoms with Crippen molar-refractivity contribution in [3.05, 3.63) is 46.2 Å². The van der Waals surface area contributed by atoms with Gasteiger partial charge in [0.15, 0.2) is 0 Å². The number of methoxy groups -OCH3 is 2. The zero-order valence-corrected chi connectivity index (χ0v) is 12.6. The molecule has 2 aromatic rings. The molecular weight excluding hydrogens is 290 g/mol. The Morgan fingerprint density at radius 3 is 2.48 bits per heavy atom. The number of carbonyl (C=O) groups excluding carboxylic acids is 1. The average molecular weight is 307 g/mol. The molecule has 1 aromatic carbocycles. The van der Waals surface area contributed by atoms with E-state index in [1.165, 1.54) is 25.6 Å². The number of benzene rings is 1. The monoisotopic (exact) mass is 307 g/mol. The number of hydrogen-bond acceptors (Lipinski definition) is 5. The second kappa shape index (κ2) is 7.10. The van der Waals surface area contributed by atoms with Gasteiger partial charge in [-0.2, -0.15) is 11.3 Å². The van der Waals surface area contributed by atoms with Crippen LogP contribution in [0.15, 0.2) is 35.0 Å². The highest BCUT2D eigenvalue weighted by Crippen LogP contribution is 2.28. The van der Waals surface area contributed by atoms with Crippen LogP contribution in [0.5, 0.6) is 11.5 Å². The summed E-state index contributed by atoms with van der Waals surface area (Å²) in [5.74, 6) is 0.507. The molecule has 0 bridgehead atoms. The van der Waals surface area contributed by atoms with Crippen LogP contribution in [0.4, 0.5) is 0 Å². The minimum Gasteiger partial charge on any atom is -0.496 e. The summed E-state index contributed by atoms with van der Waals surface area (Å²) in [5.41, 5.74) is 1.10. The maximum Gasteiger partial charge on any atom is 0.258 e. The Bertz CT molecular complexity index is 575. The lowest BCUT2D eigenvalue weighted by atomic mass is 10.1. The van der Waals surface area contributed by atoms with Crippen molar-refractivity contribution >= 4 is 17.2 Å². The lowest BCUT2D eigenvalue weighted by molar-refractivity contribution is 0.0910. The molecule has 112 valence electrons. The van der Waals surface area contributed by atoms with E-state index < -0.39 is 6.10 Å². The van der Waals surface area contributed by atoms with Crippen LogP contribution < -0.4 is 14.8 Å². The van der Waals surface area contributed by atoms with Gasteiger partial charge in [0, 0.05) is 6.54 Å². The van der Waals surface area contributed by atoms with E-state index in [4.69, 9.17) is 9.47 Å². The maximum absolute atomic E-state index is 12.3. The minimum atomic E-state index is -0.735. The molecule has 0 radical (unpaired) electrons. The van der Waals surface area contributed by atoms with Crippen molar-refractivity contribution in [1.82, 2.24) is 5.32 Å². The molecule has 1 aromatic heterocycles. The van der Waals surface area contributed by atoms with Crippen LogP contribution in [0, 0.1) is 0 Å². The van der Waals surface area contributed by atoms with E-state index in [1.54, 1.807) is 18.2 Å². The molecule has 1 unspecified atom stereocenters. The van der Waals surface area contributed by atoms with Crippen molar-refractivity contribution in [3.8, 4) is 11.5 Å². The highest BCUT2D eigenvalue weighted by atomic mass is 32.1. The van der Waals surface area contributed by atoms with Gasteiger partial charge in [-0.3, -0.25) is 4.79 Å². The third-order valence-corrected chi connectivity index (χ3v) is 3.74. The van der Waals surface area contributed by atoms with E-state index in [2.05, 4.69) is 5.32 Å². The van der Waals surface area contributed by atoms with Gasteiger partial charge in [0.05, 0.1) is 20.3 Å². The Labute approximate surface area is 127 Å². The average Bonchev–Trinajstić information content (AvgIpc) is 3.05. The minimum absolute atomic E-state index is 0.122. The predicted octanol–water partition coefficient (Wildman–Crippen LogP) is 2.23. The van der Waals surface area contributed by atoms with E-state index in [1.807, 2.05) is 16.8 Å². The van der Waals surface area contributed by atoms with Crippen molar-refractivity contribution in [2.75, 3.05) is 20.8 Å². The number of rotatable bonds is 6. The standard InChI is InChI=1S/C15H17NO4S/c1-19-12-4-3-5-13(20-2)14(12)15(18)16-8-11(17)10-6-7-21-9-10/h3-7,9,11,17H,8H2,1-2H3,(H,16,18). The Morgan fingerprint density at radius 2 is 1.95 bits per heavy atom. The molecule has 5 nitrogen and oxygen atoms in total. The van der Waals surface area contributed by atoms with E-state index in [-0.39, 0.29) is 12.5 Å². The number of amides is 1. The summed E-state index contributed by atoms with van der Waals surface area (Å²) in [6, 6.07) is 6.94. The lowest BCUT2D eigenvalue weighted by Gasteiger charge is -2.14. The molecular formula is C15H17NO4S. The first-order chi connectivity index (χ1) is 10.2. The molecule has 0 saturated heterocycles. The van der Waals surface area contributed by atoms with E-state index >= 15 is 0 Å². The van der Waals surface area contributed by atoms with Crippen molar-refractivity contribution in [3.63, 3.8) is 0 Å². The first kappa shape index (κ1) is 15.3. The molecule has 2 rings (SSSR count). The highest BCUT2D eigenvalue weighted by molar-refractivity contribution is 7.07. The molecule has 0 spiro atoms. The van der Waals surface area contributed by atoms with Crippen LogP contribution in [-0.2, 0) is 0 Å². The molecule has 1 atom stereocenters. The smallest absolute Gasteiger partial charge is 0.258 e. The summed E-state index contributed by atoms with van der Waals surface area (Å²) < 4.78 is 10.4. The summed E-state index contributed by atoms with van der Waals surface area (Å²) in [6.45, 7) is 0.122. The lowest BCUT2D eigenvalue weighted by Crippen LogP contribution is -2.29. The number of hydrogen-bond donors (Lipinski definition) is 2. The van der Waals surface area contributed by atoms with Crippen molar-refractivity contribution < 1.29 is 19.4 Å². The first-order valence-electron chi connectivity index (χ1n) is 6.36. The Morgan fingerprint density at radius 1 is 1.29 bits per heavy atom. The summed E-state index contributed by atoms with van der Waals surface area (Å²) in [4.78, 5) is 12.3. The fraction of sp³-hybridized carbons (Fsp3) is 0.267. The zero-order valence-electron chi connectivity index (χ0n) is 11.8. The van der Waals surface area contributed by atoms with E-state index in [9.17, 15) is 9.90 Å². The molecule has 0 aliphatic heterocycles. The number of aliphatic hydroxyl groups is 1. The second-order valence-electron chi connectivity index (χ2n) is 4.32. The number of ether oxygens (including phenoxy) is 2. The number of aliphatic hydroxyl groups excluding tert-OH is 1. The van der Waals surface area contributed by atoms with Gasteiger partial charge < -0.3 is 19.9 Å². The van der Waals surface area contributed by atoms with Gasteiger partial charge in [-0.25, -0.2) is 0 Å². The molecule has 1 amide bonds. The van der Waals surface area contributed by atoms with Gasteiger partial charge in [-0.15, -0.1) is 0 Å². The van der Waals surface area contributed by atoms with Crippen LogP contribution in [0.2, 0.25) is 0 Å². The number of nitrogens with one attached hydrogen (secondary N) is 1. The summed E-state index contributed by atoms with van der Waals surface area (Å²) >= 11 is 1.50. The van der Waals surface area contributed by atoms with Gasteiger partial charge in [-0.1, -0.05) is 6.07 Å². The highest BCUT2D eigenvalue weighted by Gasteiger charge is 2.19. The Balaban J connectivity index is 2.10. The normalized spacial score (nSPS) is 11.8. The zero-order chi connectivity index (χ0) is 15.2. The van der Waals surface area contributed by atoms with Crippen LogP contribution in [0.1, 0.15) is 22.0 Å². The van der Waals surface area contributed by atoms with Gasteiger partial charge in [-0.05, 0) is 34.5 Å². The molecule has 1 heterocycles. The first-order valence-corrected chi connectivity index (χ1v) is 7.31. The third kappa shape index (κ3) is 3.53. The predicted molar refractivity (Wildman–Crippen MR) is 81.2 cm³/mol. The fourth-order valence-electron chi connectivity index (χ4n) is 1.94. The fourth-order valence-corrected chi connectivity index (χ4v) is 2.64. The molecule has 21 heavy (non-hydrogen) atoms. The summed E-state index contributed by atoms with van der Waals surface area (Å²) in [6.07, 6.45) is -0.735. The van der Waals surface area contributed by atoms with Crippen molar-refractivity contribution in [2.24, 2.45) is 0 Å². The Kier molecular flexibility index (Phi) is 5.19. The van der Waals surface area contributed by atoms with Crippen LogP contribution in [-0.4, -0.2) is 31.8 Å². The molecule has 0 aliphatic carbocycles. The van der Waals surface area contributed by atoms with Crippen LogP contribution in [0.3, 0.4) is 0 Å². The Hall–Kier alpha value is -2.05. The summed E-state index contributed by atoms with van der Waals surface area (Å²) in [7, 11) is 2.98. The van der Waals surface area contributed by atoms with Gasteiger partial charge in [0.25, 0.3) is 5.91 Å². The van der Waals surface area contributed by atoms with Crippen LogP contribution >= 0.6 is 11.3 Å². The largest absolute Gasteiger partial charge is 0.496 e. The maximum atomic E-state index is 12.3. The number of carbonyl (C=O) groups is 1. The van der Waals surface area contributed by atoms with Crippen molar-refractivity contribution in [2.45, 2.75) is 6.10 Å². The van der Waals surface area contributed by atoms with Gasteiger partial charge in [0.1, 0.15) is 17.1 Å². The SMILES string of the molecule is COc1cccc(OC)c1C(=O)NCC(O)c1ccsc1. The summed E-state index contributed by atoms with van der Waals surface area (Å²) in [5, 5.41) is 16.4. The van der Waals surface area contributed by atoms with Crippen molar-refractivity contribution in [1.29, 1.82) is 0 Å². The van der Waals surface area contributed by atoms with Gasteiger partial charge >= 0.3 is 0 Å². The molecule has 0 saturated carbocycles. The molecule has 0 aliphatic rings. The van der Waals surface area contributed by atoms with E-state index in [0.29, 0.717) is 17.1 Å². The van der Waals surface area contributed by atoms with Crippen LogP contribution in [0.25, 0.3) is 0 Å². The quantitative estimate of drug-likeness (QED) is 0.859. The molecule has 2 N–H and O–H groups in total. The van der Waals surface area contributed by atoms with Gasteiger partial charge in [0.2, 0.25) is 0 Å². The molecule has 0 fully saturated rings.